The standard InChI is InChI=1S/C13H20BrN3O/c1-8-5-4-6-11(9(8)2)15-13(18)12-10(14)7-17(3)16-12/h7-9,11H,4-6H2,1-3H3,(H,15,18)/t8-,9+,11-/m0/s1. The quantitative estimate of drug-likeness (QED) is 0.912. The van der Waals surface area contributed by atoms with Crippen molar-refractivity contribution in [3.63, 3.8) is 0 Å². The van der Waals surface area contributed by atoms with Crippen molar-refractivity contribution in [2.24, 2.45) is 18.9 Å². The fourth-order valence-electron chi connectivity index (χ4n) is 2.64. The van der Waals surface area contributed by atoms with Crippen LogP contribution in [-0.4, -0.2) is 21.7 Å². The molecule has 18 heavy (non-hydrogen) atoms. The van der Waals surface area contributed by atoms with Crippen molar-refractivity contribution in [2.75, 3.05) is 0 Å². The Kier molecular flexibility index (Phi) is 4.10. The number of nitrogens with one attached hydrogen (secondary N) is 1. The summed E-state index contributed by atoms with van der Waals surface area (Å²) in [5.74, 6) is 1.13. The number of halogens is 1. The predicted molar refractivity (Wildman–Crippen MR) is 74.3 cm³/mol. The van der Waals surface area contributed by atoms with Crippen molar-refractivity contribution >= 4 is 21.8 Å². The van der Waals surface area contributed by atoms with Crippen LogP contribution in [0.2, 0.25) is 0 Å². The van der Waals surface area contributed by atoms with E-state index in [9.17, 15) is 4.79 Å². The molecule has 1 aromatic heterocycles. The number of hydrogen-bond donors (Lipinski definition) is 1. The van der Waals surface area contributed by atoms with E-state index in [0.717, 1.165) is 10.9 Å². The van der Waals surface area contributed by atoms with E-state index in [-0.39, 0.29) is 11.9 Å². The van der Waals surface area contributed by atoms with Crippen LogP contribution in [0.3, 0.4) is 0 Å². The molecule has 1 aromatic rings. The number of amides is 1. The van der Waals surface area contributed by atoms with Crippen LogP contribution < -0.4 is 5.32 Å². The number of carbonyl (C=O) groups is 1. The van der Waals surface area contributed by atoms with Gasteiger partial charge in [-0.2, -0.15) is 5.10 Å². The molecule has 0 aromatic carbocycles. The second-order valence-corrected chi connectivity index (χ2v) is 6.20. The molecule has 100 valence electrons. The van der Waals surface area contributed by atoms with Crippen LogP contribution in [0.1, 0.15) is 43.6 Å². The van der Waals surface area contributed by atoms with Gasteiger partial charge in [-0.25, -0.2) is 0 Å². The summed E-state index contributed by atoms with van der Waals surface area (Å²) in [6, 6.07) is 0.273. The van der Waals surface area contributed by atoms with E-state index in [1.807, 2.05) is 7.05 Å². The lowest BCUT2D eigenvalue weighted by Gasteiger charge is -2.34. The molecule has 1 amide bonds. The first-order valence-corrected chi connectivity index (χ1v) is 7.28. The molecule has 4 nitrogen and oxygen atoms in total. The Labute approximate surface area is 116 Å². The zero-order valence-electron chi connectivity index (χ0n) is 11.1. The van der Waals surface area contributed by atoms with Crippen molar-refractivity contribution in [1.82, 2.24) is 15.1 Å². The fraction of sp³-hybridized carbons (Fsp3) is 0.692. The van der Waals surface area contributed by atoms with Crippen molar-refractivity contribution in [1.29, 1.82) is 0 Å². The summed E-state index contributed by atoms with van der Waals surface area (Å²) in [4.78, 5) is 12.2. The van der Waals surface area contributed by atoms with Crippen LogP contribution in [0.5, 0.6) is 0 Å². The highest BCUT2D eigenvalue weighted by molar-refractivity contribution is 9.10. The number of hydrogen-bond acceptors (Lipinski definition) is 2. The molecular formula is C13H20BrN3O. The number of nitrogens with zero attached hydrogens (tertiary/aromatic N) is 2. The second kappa shape index (κ2) is 5.43. The van der Waals surface area contributed by atoms with Gasteiger partial charge in [0.2, 0.25) is 0 Å². The minimum atomic E-state index is -0.0755. The number of aryl methyl sites for hydroxylation is 1. The van der Waals surface area contributed by atoms with Crippen molar-refractivity contribution in [2.45, 2.75) is 39.2 Å². The molecule has 5 heteroatoms. The molecule has 0 spiro atoms. The van der Waals surface area contributed by atoms with Gasteiger partial charge in [-0.3, -0.25) is 9.48 Å². The summed E-state index contributed by atoms with van der Waals surface area (Å²) in [7, 11) is 1.81. The van der Waals surface area contributed by atoms with Gasteiger partial charge in [0.05, 0.1) is 4.47 Å². The van der Waals surface area contributed by atoms with Crippen LogP contribution in [0.4, 0.5) is 0 Å². The van der Waals surface area contributed by atoms with E-state index in [1.54, 1.807) is 10.9 Å². The van der Waals surface area contributed by atoms with Gasteiger partial charge >= 0.3 is 0 Å². The molecule has 0 saturated heterocycles. The molecule has 1 fully saturated rings. The highest BCUT2D eigenvalue weighted by Crippen LogP contribution is 2.29. The molecule has 3 atom stereocenters. The van der Waals surface area contributed by atoms with Crippen molar-refractivity contribution in [3.8, 4) is 0 Å². The average molecular weight is 314 g/mol. The Hall–Kier alpha value is -0.840. The van der Waals surface area contributed by atoms with Gasteiger partial charge in [0.15, 0.2) is 5.69 Å². The number of aromatic nitrogens is 2. The Balaban J connectivity index is 2.05. The molecule has 0 radical (unpaired) electrons. The normalized spacial score (nSPS) is 28.1. The lowest BCUT2D eigenvalue weighted by atomic mass is 9.78. The molecular weight excluding hydrogens is 294 g/mol. The van der Waals surface area contributed by atoms with Gasteiger partial charge in [0.1, 0.15) is 0 Å². The second-order valence-electron chi connectivity index (χ2n) is 5.35. The third kappa shape index (κ3) is 2.76. The van der Waals surface area contributed by atoms with Gasteiger partial charge in [-0.1, -0.05) is 26.7 Å². The van der Waals surface area contributed by atoms with E-state index in [4.69, 9.17) is 0 Å². The summed E-state index contributed by atoms with van der Waals surface area (Å²) in [5, 5.41) is 7.30. The average Bonchev–Trinajstić information content (AvgIpc) is 2.64. The van der Waals surface area contributed by atoms with Gasteiger partial charge in [-0.15, -0.1) is 0 Å². The SMILES string of the molecule is C[C@H]1[C@@H](NC(=O)c2nn(C)cc2Br)CCC[C@@H]1C. The van der Waals surface area contributed by atoms with Crippen molar-refractivity contribution in [3.05, 3.63) is 16.4 Å². The summed E-state index contributed by atoms with van der Waals surface area (Å²) in [6.07, 6.45) is 5.32. The van der Waals surface area contributed by atoms with E-state index in [1.165, 1.54) is 12.8 Å². The summed E-state index contributed by atoms with van der Waals surface area (Å²) in [5.41, 5.74) is 0.475. The van der Waals surface area contributed by atoms with Crippen LogP contribution in [0.25, 0.3) is 0 Å². The molecule has 1 saturated carbocycles. The highest BCUT2D eigenvalue weighted by Gasteiger charge is 2.29. The topological polar surface area (TPSA) is 46.9 Å². The minimum absolute atomic E-state index is 0.0755. The monoisotopic (exact) mass is 313 g/mol. The smallest absolute Gasteiger partial charge is 0.273 e. The molecule has 0 aliphatic heterocycles. The maximum absolute atomic E-state index is 12.2. The predicted octanol–water partition coefficient (Wildman–Crippen LogP) is 2.74. The van der Waals surface area contributed by atoms with E-state index in [2.05, 4.69) is 40.2 Å². The lowest BCUT2D eigenvalue weighted by molar-refractivity contribution is 0.0884. The molecule has 0 bridgehead atoms. The largest absolute Gasteiger partial charge is 0.348 e. The van der Waals surface area contributed by atoms with E-state index in [0.29, 0.717) is 17.5 Å². The number of carbonyl (C=O) groups excluding carboxylic acids is 1. The first-order valence-electron chi connectivity index (χ1n) is 6.49. The van der Waals surface area contributed by atoms with Gasteiger partial charge < -0.3 is 5.32 Å². The van der Waals surface area contributed by atoms with E-state index < -0.39 is 0 Å². The van der Waals surface area contributed by atoms with Crippen LogP contribution in [0.15, 0.2) is 10.7 Å². The van der Waals surface area contributed by atoms with Gasteiger partial charge in [0, 0.05) is 19.3 Å². The summed E-state index contributed by atoms with van der Waals surface area (Å²) >= 11 is 3.37. The Morgan fingerprint density at radius 2 is 2.22 bits per heavy atom. The zero-order valence-corrected chi connectivity index (χ0v) is 12.7. The Morgan fingerprint density at radius 1 is 1.50 bits per heavy atom. The first kappa shape index (κ1) is 13.6. The molecule has 2 rings (SSSR count). The zero-order chi connectivity index (χ0) is 13.3. The van der Waals surface area contributed by atoms with Crippen LogP contribution in [-0.2, 0) is 7.05 Å². The lowest BCUT2D eigenvalue weighted by Crippen LogP contribution is -2.43. The molecule has 1 N–H and O–H groups in total. The summed E-state index contributed by atoms with van der Waals surface area (Å²) < 4.78 is 2.39. The number of rotatable bonds is 2. The molecule has 1 heterocycles. The maximum atomic E-state index is 12.2. The minimum Gasteiger partial charge on any atom is -0.348 e. The van der Waals surface area contributed by atoms with Crippen molar-refractivity contribution < 1.29 is 4.79 Å². The Morgan fingerprint density at radius 3 is 2.83 bits per heavy atom. The fourth-order valence-corrected chi connectivity index (χ4v) is 3.19. The summed E-state index contributed by atoms with van der Waals surface area (Å²) in [6.45, 7) is 4.49. The third-order valence-electron chi connectivity index (χ3n) is 4.02. The van der Waals surface area contributed by atoms with Crippen LogP contribution in [0, 0.1) is 11.8 Å². The third-order valence-corrected chi connectivity index (χ3v) is 4.60. The Bertz CT molecular complexity index is 443. The first-order chi connectivity index (χ1) is 8.49. The molecule has 1 aliphatic carbocycles. The van der Waals surface area contributed by atoms with Crippen LogP contribution >= 0.6 is 15.9 Å². The van der Waals surface area contributed by atoms with Gasteiger partial charge in [-0.05, 0) is 34.2 Å². The van der Waals surface area contributed by atoms with E-state index >= 15 is 0 Å². The maximum Gasteiger partial charge on any atom is 0.273 e. The molecule has 1 aliphatic rings. The van der Waals surface area contributed by atoms with Gasteiger partial charge in [0.25, 0.3) is 5.91 Å². The highest BCUT2D eigenvalue weighted by atomic mass is 79.9. The molecule has 0 unspecified atom stereocenters.